The predicted molar refractivity (Wildman–Crippen MR) is 121 cm³/mol. The summed E-state index contributed by atoms with van der Waals surface area (Å²) in [5.41, 5.74) is 0.798. The smallest absolute Gasteiger partial charge is 0.303 e. The van der Waals surface area contributed by atoms with E-state index in [-0.39, 0.29) is 34.9 Å². The van der Waals surface area contributed by atoms with Crippen molar-refractivity contribution in [3.63, 3.8) is 0 Å². The molecule has 1 aliphatic heterocycles. The van der Waals surface area contributed by atoms with Crippen molar-refractivity contribution in [3.8, 4) is 0 Å². The molecule has 0 radical (unpaired) electrons. The molecular weight excluding hydrogens is 435 g/mol. The van der Waals surface area contributed by atoms with Gasteiger partial charge in [-0.25, -0.2) is 14.4 Å². The van der Waals surface area contributed by atoms with E-state index in [9.17, 15) is 14.0 Å². The van der Waals surface area contributed by atoms with E-state index in [0.717, 1.165) is 0 Å². The Morgan fingerprint density at radius 2 is 2.09 bits per heavy atom. The molecule has 2 heterocycles. The number of hydrogen-bond acceptors (Lipinski definition) is 5. The van der Waals surface area contributed by atoms with Crippen molar-refractivity contribution in [3.05, 3.63) is 46.6 Å². The van der Waals surface area contributed by atoms with Crippen LogP contribution in [0.15, 0.2) is 24.4 Å². The molecule has 32 heavy (non-hydrogen) atoms. The minimum absolute atomic E-state index is 0.0291. The van der Waals surface area contributed by atoms with Gasteiger partial charge in [0.1, 0.15) is 11.5 Å². The van der Waals surface area contributed by atoms with Crippen molar-refractivity contribution < 1.29 is 19.1 Å². The number of piperidine rings is 1. The average Bonchev–Trinajstić information content (AvgIpc) is 2.69. The molecule has 1 amide bonds. The van der Waals surface area contributed by atoms with Crippen LogP contribution in [0.1, 0.15) is 69.1 Å². The first-order chi connectivity index (χ1) is 15.0. The molecule has 1 saturated heterocycles. The molecular formula is C23H28ClFN4O3. The lowest BCUT2D eigenvalue weighted by Crippen LogP contribution is -2.53. The number of hydrogen-bond donors (Lipinski definition) is 2. The zero-order chi connectivity index (χ0) is 23.6. The second kappa shape index (κ2) is 9.40. The largest absolute Gasteiger partial charge is 0.481 e. The summed E-state index contributed by atoms with van der Waals surface area (Å²) < 4.78 is 13.8. The zero-order valence-corrected chi connectivity index (χ0v) is 19.4. The third-order valence-corrected chi connectivity index (χ3v) is 6.04. The van der Waals surface area contributed by atoms with Crippen LogP contribution in [0.25, 0.3) is 0 Å². The summed E-state index contributed by atoms with van der Waals surface area (Å²) in [4.78, 5) is 35.1. The Bertz CT molecular complexity index is 1030. The number of rotatable bonds is 6. The molecule has 0 aliphatic carbocycles. The van der Waals surface area contributed by atoms with E-state index in [2.05, 4.69) is 15.3 Å². The van der Waals surface area contributed by atoms with Gasteiger partial charge >= 0.3 is 5.97 Å². The molecule has 1 atom stereocenters. The van der Waals surface area contributed by atoms with Crippen molar-refractivity contribution in [2.75, 3.05) is 11.9 Å². The van der Waals surface area contributed by atoms with E-state index in [4.69, 9.17) is 16.7 Å². The third kappa shape index (κ3) is 5.35. The predicted octanol–water partition coefficient (Wildman–Crippen LogP) is 5.24. The molecule has 1 aliphatic rings. The Kier molecular flexibility index (Phi) is 7.03. The SMILES string of the molecule is CC(C)c1nc(C(=O)N2CCC(CC(=O)O)CC2(C)C)cnc1Nc1ccc(Cl)c(F)c1. The molecule has 0 saturated carbocycles. The van der Waals surface area contributed by atoms with Crippen molar-refractivity contribution in [2.24, 2.45) is 5.92 Å². The normalized spacial score (nSPS) is 18.0. The number of carboxylic acids is 1. The van der Waals surface area contributed by atoms with Gasteiger partial charge in [-0.05, 0) is 56.7 Å². The highest BCUT2D eigenvalue weighted by molar-refractivity contribution is 6.30. The van der Waals surface area contributed by atoms with Crippen molar-refractivity contribution >= 4 is 35.0 Å². The average molecular weight is 463 g/mol. The summed E-state index contributed by atoms with van der Waals surface area (Å²) in [6, 6.07) is 4.37. The van der Waals surface area contributed by atoms with Crippen LogP contribution < -0.4 is 5.32 Å². The minimum atomic E-state index is -0.818. The second-order valence-corrected chi connectivity index (χ2v) is 9.53. The number of aliphatic carboxylic acids is 1. The summed E-state index contributed by atoms with van der Waals surface area (Å²) in [5.74, 6) is -1.16. The molecule has 172 valence electrons. The molecule has 2 aromatic rings. The van der Waals surface area contributed by atoms with Gasteiger partial charge in [0.15, 0.2) is 5.82 Å². The Labute approximate surface area is 192 Å². The second-order valence-electron chi connectivity index (χ2n) is 9.12. The van der Waals surface area contributed by atoms with E-state index in [0.29, 0.717) is 36.6 Å². The maximum Gasteiger partial charge on any atom is 0.303 e. The molecule has 1 unspecified atom stereocenters. The topological polar surface area (TPSA) is 95.4 Å². The number of carboxylic acid groups (broad SMARTS) is 1. The fourth-order valence-corrected chi connectivity index (χ4v) is 4.30. The highest BCUT2D eigenvalue weighted by Gasteiger charge is 2.39. The minimum Gasteiger partial charge on any atom is -0.481 e. The Balaban J connectivity index is 1.83. The Morgan fingerprint density at radius 3 is 2.69 bits per heavy atom. The maximum absolute atomic E-state index is 13.8. The van der Waals surface area contributed by atoms with Gasteiger partial charge in [0, 0.05) is 24.2 Å². The van der Waals surface area contributed by atoms with Crippen LogP contribution >= 0.6 is 11.6 Å². The first kappa shape index (κ1) is 23.9. The summed E-state index contributed by atoms with van der Waals surface area (Å²) in [6.45, 7) is 8.23. The first-order valence-corrected chi connectivity index (χ1v) is 11.0. The van der Waals surface area contributed by atoms with E-state index in [1.54, 1.807) is 11.0 Å². The molecule has 0 spiro atoms. The number of nitrogens with one attached hydrogen (secondary N) is 1. The van der Waals surface area contributed by atoms with Gasteiger partial charge in [0.25, 0.3) is 5.91 Å². The number of benzene rings is 1. The fourth-order valence-electron chi connectivity index (χ4n) is 4.18. The van der Waals surface area contributed by atoms with Gasteiger partial charge in [0.05, 0.1) is 16.9 Å². The molecule has 7 nitrogen and oxygen atoms in total. The molecule has 1 aromatic heterocycles. The molecule has 2 N–H and O–H groups in total. The van der Waals surface area contributed by atoms with Crippen LogP contribution in [0.2, 0.25) is 5.02 Å². The first-order valence-electron chi connectivity index (χ1n) is 10.6. The molecule has 9 heteroatoms. The third-order valence-electron chi connectivity index (χ3n) is 5.74. The van der Waals surface area contributed by atoms with Crippen LogP contribution in [0.4, 0.5) is 15.9 Å². The van der Waals surface area contributed by atoms with Gasteiger partial charge in [-0.2, -0.15) is 0 Å². The number of nitrogens with zero attached hydrogens (tertiary/aromatic N) is 3. The lowest BCUT2D eigenvalue weighted by molar-refractivity contribution is -0.138. The zero-order valence-electron chi connectivity index (χ0n) is 18.7. The van der Waals surface area contributed by atoms with Gasteiger partial charge in [-0.1, -0.05) is 25.4 Å². The van der Waals surface area contributed by atoms with Gasteiger partial charge in [-0.15, -0.1) is 0 Å². The lowest BCUT2D eigenvalue weighted by atomic mass is 9.81. The maximum atomic E-state index is 13.8. The van der Waals surface area contributed by atoms with Crippen molar-refractivity contribution in [1.29, 1.82) is 0 Å². The number of aromatic nitrogens is 2. The standard InChI is InChI=1S/C23H28ClFN4O3/c1-13(2)20-21(27-15-5-6-16(24)17(25)10-15)26-12-18(28-20)22(32)29-8-7-14(9-19(30)31)11-23(29,3)4/h5-6,10,12-14H,7-9,11H2,1-4H3,(H,26,27)(H,30,31). The van der Waals surface area contributed by atoms with E-state index >= 15 is 0 Å². The molecule has 1 aromatic carbocycles. The molecule has 1 fully saturated rings. The van der Waals surface area contributed by atoms with Crippen LogP contribution in [-0.4, -0.2) is 43.9 Å². The van der Waals surface area contributed by atoms with Gasteiger partial charge in [-0.3, -0.25) is 9.59 Å². The summed E-state index contributed by atoms with van der Waals surface area (Å²) in [5, 5.41) is 12.2. The number of anilines is 2. The Hall–Kier alpha value is -2.74. The fraction of sp³-hybridized carbons (Fsp3) is 0.478. The van der Waals surface area contributed by atoms with Crippen LogP contribution in [0.3, 0.4) is 0 Å². The number of amides is 1. The van der Waals surface area contributed by atoms with Gasteiger partial charge < -0.3 is 15.3 Å². The lowest BCUT2D eigenvalue weighted by Gasteiger charge is -2.45. The number of carbonyl (C=O) groups excluding carboxylic acids is 1. The van der Waals surface area contributed by atoms with Crippen LogP contribution in [0.5, 0.6) is 0 Å². The number of carbonyl (C=O) groups is 2. The van der Waals surface area contributed by atoms with Crippen LogP contribution in [-0.2, 0) is 4.79 Å². The van der Waals surface area contributed by atoms with Crippen molar-refractivity contribution in [1.82, 2.24) is 14.9 Å². The van der Waals surface area contributed by atoms with Crippen molar-refractivity contribution in [2.45, 2.75) is 58.4 Å². The highest BCUT2D eigenvalue weighted by Crippen LogP contribution is 2.34. The monoisotopic (exact) mass is 462 g/mol. The quantitative estimate of drug-likeness (QED) is 0.609. The van der Waals surface area contributed by atoms with E-state index in [1.165, 1.54) is 18.3 Å². The van der Waals surface area contributed by atoms with Gasteiger partial charge in [0.2, 0.25) is 0 Å². The Morgan fingerprint density at radius 1 is 1.38 bits per heavy atom. The molecule has 0 bridgehead atoms. The number of likely N-dealkylation sites (tertiary alicyclic amines) is 1. The highest BCUT2D eigenvalue weighted by atomic mass is 35.5. The summed E-state index contributed by atoms with van der Waals surface area (Å²) in [7, 11) is 0. The van der Waals surface area contributed by atoms with Crippen LogP contribution in [0, 0.1) is 11.7 Å². The van der Waals surface area contributed by atoms with E-state index in [1.807, 2.05) is 27.7 Å². The molecule has 3 rings (SSSR count). The van der Waals surface area contributed by atoms with E-state index < -0.39 is 17.3 Å². The number of halogens is 2. The summed E-state index contributed by atoms with van der Waals surface area (Å²) in [6.07, 6.45) is 2.77. The summed E-state index contributed by atoms with van der Waals surface area (Å²) >= 11 is 5.75.